The third kappa shape index (κ3) is 54.2. The summed E-state index contributed by atoms with van der Waals surface area (Å²) in [5, 5.41) is 0. The molecular weight excluding hydrogens is 858 g/mol. The van der Waals surface area contributed by atoms with Gasteiger partial charge in [-0.05, 0) is 12.8 Å². The molecular formula is C57H114NO8P. The Morgan fingerprint density at radius 3 is 0.910 bits per heavy atom. The lowest BCUT2D eigenvalue weighted by Crippen LogP contribution is -2.29. The topological polar surface area (TPSA) is 134 Å². The minimum atomic E-state index is -4.38. The van der Waals surface area contributed by atoms with Gasteiger partial charge in [0.15, 0.2) is 6.10 Å². The van der Waals surface area contributed by atoms with Gasteiger partial charge in [0.1, 0.15) is 6.61 Å². The van der Waals surface area contributed by atoms with E-state index in [1.165, 1.54) is 257 Å². The minimum Gasteiger partial charge on any atom is -0.462 e. The lowest BCUT2D eigenvalue weighted by Gasteiger charge is -2.19. The Morgan fingerprint density at radius 1 is 0.388 bits per heavy atom. The van der Waals surface area contributed by atoms with Gasteiger partial charge in [-0.15, -0.1) is 0 Å². The normalized spacial score (nSPS) is 13.0. The highest BCUT2D eigenvalue weighted by molar-refractivity contribution is 7.47. The maximum Gasteiger partial charge on any atom is 0.472 e. The average molecular weight is 973 g/mol. The number of phosphoric ester groups is 1. The minimum absolute atomic E-state index is 0.0586. The quantitative estimate of drug-likeness (QED) is 0.0347. The summed E-state index contributed by atoms with van der Waals surface area (Å²) in [4.78, 5) is 35.2. The lowest BCUT2D eigenvalue weighted by molar-refractivity contribution is -0.161. The Bertz CT molecular complexity index is 1060. The van der Waals surface area contributed by atoms with Crippen molar-refractivity contribution in [3.05, 3.63) is 0 Å². The van der Waals surface area contributed by atoms with Crippen molar-refractivity contribution in [2.75, 3.05) is 26.4 Å². The first-order valence-corrected chi connectivity index (χ1v) is 31.0. The molecule has 0 aromatic carbocycles. The van der Waals surface area contributed by atoms with E-state index < -0.39 is 26.5 Å². The summed E-state index contributed by atoms with van der Waals surface area (Å²) in [6.45, 7) is 3.82. The van der Waals surface area contributed by atoms with Gasteiger partial charge in [-0.2, -0.15) is 0 Å². The van der Waals surface area contributed by atoms with Crippen molar-refractivity contribution in [3.8, 4) is 0 Å². The second kappa shape index (κ2) is 54.3. The Kier molecular flexibility index (Phi) is 53.5. The molecule has 0 fully saturated rings. The van der Waals surface area contributed by atoms with E-state index in [4.69, 9.17) is 24.3 Å². The van der Waals surface area contributed by atoms with Crippen molar-refractivity contribution in [2.24, 2.45) is 5.73 Å². The number of hydrogen-bond acceptors (Lipinski definition) is 8. The van der Waals surface area contributed by atoms with Crippen LogP contribution in [0.1, 0.15) is 322 Å². The molecule has 0 bridgehead atoms. The molecule has 0 aliphatic rings. The number of carbonyl (C=O) groups excluding carboxylic acids is 2. The largest absolute Gasteiger partial charge is 0.472 e. The number of carbonyl (C=O) groups is 2. The third-order valence-corrected chi connectivity index (χ3v) is 14.5. The molecule has 0 saturated heterocycles. The predicted molar refractivity (Wildman–Crippen MR) is 285 cm³/mol. The second-order valence-corrected chi connectivity index (χ2v) is 21.7. The van der Waals surface area contributed by atoms with Crippen LogP contribution in [-0.2, 0) is 32.7 Å². The molecule has 0 aromatic heterocycles. The van der Waals surface area contributed by atoms with Crippen LogP contribution in [0.5, 0.6) is 0 Å². The fourth-order valence-corrected chi connectivity index (χ4v) is 9.88. The third-order valence-electron chi connectivity index (χ3n) is 13.5. The van der Waals surface area contributed by atoms with Gasteiger partial charge >= 0.3 is 19.8 Å². The molecule has 400 valence electrons. The van der Waals surface area contributed by atoms with Crippen LogP contribution in [0, 0.1) is 0 Å². The van der Waals surface area contributed by atoms with Crippen LogP contribution in [0.2, 0.25) is 0 Å². The molecule has 0 aliphatic carbocycles. The van der Waals surface area contributed by atoms with Gasteiger partial charge in [-0.25, -0.2) is 4.57 Å². The first kappa shape index (κ1) is 66.0. The molecule has 3 N–H and O–H groups in total. The molecule has 0 aliphatic heterocycles. The number of unbranched alkanes of at least 4 members (excludes halogenated alkanes) is 44. The van der Waals surface area contributed by atoms with Gasteiger partial charge < -0.3 is 20.1 Å². The van der Waals surface area contributed by atoms with Crippen LogP contribution < -0.4 is 5.73 Å². The summed E-state index contributed by atoms with van der Waals surface area (Å²) >= 11 is 0. The van der Waals surface area contributed by atoms with Gasteiger partial charge in [0.2, 0.25) is 0 Å². The molecule has 0 radical (unpaired) electrons. The second-order valence-electron chi connectivity index (χ2n) is 20.2. The SMILES string of the molecule is CCCCCCCCCCCCCCCCCCCCCCCCCCCCCCC(=O)OC(COC(=O)CCCCCCCCCCCCCCCCCCCC)COP(=O)(O)OCCN. The maximum absolute atomic E-state index is 12.7. The molecule has 2 atom stereocenters. The summed E-state index contributed by atoms with van der Waals surface area (Å²) in [7, 11) is -4.38. The van der Waals surface area contributed by atoms with E-state index in [2.05, 4.69) is 13.8 Å². The van der Waals surface area contributed by atoms with Crippen molar-refractivity contribution < 1.29 is 37.6 Å². The number of phosphoric acid groups is 1. The number of esters is 2. The van der Waals surface area contributed by atoms with E-state index in [1.807, 2.05) is 0 Å². The molecule has 67 heavy (non-hydrogen) atoms. The molecule has 0 amide bonds. The van der Waals surface area contributed by atoms with Gasteiger partial charge in [-0.3, -0.25) is 18.6 Å². The van der Waals surface area contributed by atoms with Crippen molar-refractivity contribution in [3.63, 3.8) is 0 Å². The van der Waals surface area contributed by atoms with Crippen LogP contribution >= 0.6 is 7.82 Å². The van der Waals surface area contributed by atoms with Gasteiger partial charge in [0, 0.05) is 19.4 Å². The first-order valence-electron chi connectivity index (χ1n) is 29.5. The summed E-state index contributed by atoms with van der Waals surface area (Å²) in [5.41, 5.74) is 5.38. The predicted octanol–water partition coefficient (Wildman–Crippen LogP) is 18.3. The van der Waals surface area contributed by atoms with Crippen LogP contribution in [0.15, 0.2) is 0 Å². The van der Waals surface area contributed by atoms with E-state index in [-0.39, 0.29) is 38.6 Å². The first-order chi connectivity index (χ1) is 32.8. The zero-order valence-corrected chi connectivity index (χ0v) is 45.6. The van der Waals surface area contributed by atoms with E-state index >= 15 is 0 Å². The highest BCUT2D eigenvalue weighted by Gasteiger charge is 2.26. The molecule has 0 spiro atoms. The molecule has 0 aromatic rings. The Hall–Kier alpha value is -0.990. The van der Waals surface area contributed by atoms with Crippen molar-refractivity contribution in [2.45, 2.75) is 328 Å². The number of hydrogen-bond donors (Lipinski definition) is 2. The fraction of sp³-hybridized carbons (Fsp3) is 0.965. The average Bonchev–Trinajstić information content (AvgIpc) is 3.32. The zero-order valence-electron chi connectivity index (χ0n) is 44.7. The summed E-state index contributed by atoms with van der Waals surface area (Å²) < 4.78 is 33.0. The molecule has 2 unspecified atom stereocenters. The van der Waals surface area contributed by atoms with E-state index in [0.29, 0.717) is 6.42 Å². The monoisotopic (exact) mass is 972 g/mol. The highest BCUT2D eigenvalue weighted by Crippen LogP contribution is 2.43. The van der Waals surface area contributed by atoms with E-state index in [1.54, 1.807) is 0 Å². The molecule has 9 nitrogen and oxygen atoms in total. The standard InChI is InChI=1S/C57H114NO8P/c1-3-5-7-9-11-13-15-17-19-21-23-24-25-26-27-28-29-30-31-32-34-36-38-40-42-44-46-48-50-57(60)66-55(54-65-67(61,62)64-52-51-58)53-63-56(59)49-47-45-43-41-39-37-35-33-22-20-18-16-14-12-10-8-6-4-2/h55H,3-54,58H2,1-2H3,(H,61,62). The van der Waals surface area contributed by atoms with Crippen molar-refractivity contribution >= 4 is 19.8 Å². The van der Waals surface area contributed by atoms with Gasteiger partial charge in [0.05, 0.1) is 13.2 Å². The van der Waals surface area contributed by atoms with Crippen LogP contribution in [0.3, 0.4) is 0 Å². The van der Waals surface area contributed by atoms with Crippen molar-refractivity contribution in [1.29, 1.82) is 0 Å². The van der Waals surface area contributed by atoms with Crippen LogP contribution in [0.4, 0.5) is 0 Å². The van der Waals surface area contributed by atoms with E-state index in [0.717, 1.165) is 32.1 Å². The zero-order chi connectivity index (χ0) is 48.8. The van der Waals surface area contributed by atoms with E-state index in [9.17, 15) is 19.0 Å². The summed E-state index contributed by atoms with van der Waals surface area (Å²) in [6.07, 6.45) is 60.2. The lowest BCUT2D eigenvalue weighted by atomic mass is 10.0. The number of nitrogens with two attached hydrogens (primary N) is 1. The smallest absolute Gasteiger partial charge is 0.462 e. The Balaban J connectivity index is 3.87. The Labute approximate surface area is 416 Å². The van der Waals surface area contributed by atoms with Crippen LogP contribution in [-0.4, -0.2) is 49.3 Å². The summed E-state index contributed by atoms with van der Waals surface area (Å²) in [6, 6.07) is 0. The number of rotatable bonds is 57. The molecule has 10 heteroatoms. The highest BCUT2D eigenvalue weighted by atomic mass is 31.2. The van der Waals surface area contributed by atoms with Crippen molar-refractivity contribution in [1.82, 2.24) is 0 Å². The summed E-state index contributed by atoms with van der Waals surface area (Å²) in [5.74, 6) is -0.802. The van der Waals surface area contributed by atoms with Gasteiger partial charge in [-0.1, -0.05) is 296 Å². The maximum atomic E-state index is 12.7. The fourth-order valence-electron chi connectivity index (χ4n) is 9.11. The molecule has 0 rings (SSSR count). The van der Waals surface area contributed by atoms with Crippen LogP contribution in [0.25, 0.3) is 0 Å². The Morgan fingerprint density at radius 2 is 0.642 bits per heavy atom. The van der Waals surface area contributed by atoms with Gasteiger partial charge in [0.25, 0.3) is 0 Å². The molecule has 0 saturated carbocycles. The molecule has 0 heterocycles. The number of ether oxygens (including phenoxy) is 2.